The Balaban J connectivity index is 0.827. The molecule has 4 fully saturated rings. The highest BCUT2D eigenvalue weighted by molar-refractivity contribution is 5.91. The highest BCUT2D eigenvalue weighted by Crippen LogP contribution is 2.50. The quantitative estimate of drug-likeness (QED) is 0.118. The van der Waals surface area contributed by atoms with Gasteiger partial charge in [-0.05, 0) is 89.1 Å². The highest BCUT2D eigenvalue weighted by Gasteiger charge is 2.51. The van der Waals surface area contributed by atoms with Gasteiger partial charge in [-0.15, -0.1) is 0 Å². The van der Waals surface area contributed by atoms with Crippen LogP contribution in [-0.2, 0) is 19.1 Å². The molecule has 1 aliphatic carbocycles. The summed E-state index contributed by atoms with van der Waals surface area (Å²) < 4.78 is 10.5. The number of hydrogen-bond acceptors (Lipinski definition) is 8. The van der Waals surface area contributed by atoms with Gasteiger partial charge in [0.25, 0.3) is 0 Å². The fraction of sp³-hybridized carbons (Fsp3) is 0.392. The Labute approximate surface area is 373 Å². The number of morpholine rings is 1. The Hall–Kier alpha value is -6.31. The van der Waals surface area contributed by atoms with Crippen molar-refractivity contribution in [1.82, 2.24) is 40.0 Å². The van der Waals surface area contributed by atoms with Crippen LogP contribution >= 0.6 is 0 Å². The third-order valence-electron chi connectivity index (χ3n) is 14.0. The number of carbonyl (C=O) groups is 3. The number of imidazole rings is 2. The third kappa shape index (κ3) is 7.96. The SMILES string of the molecule is COC(=O)N[C@H](C(=O)N1[C@@H]2CC[C@@H](C2)[C@H]1c1ncc(-c2ccc(-c3ccc4cc(-c5cnc([C@@H]6CCCN6C(=O)C(c6ccccc6)N6CCOCC6)[nH]5)ccc4c3)cc2)[nH]1)C(C)C. The van der Waals surface area contributed by atoms with Gasteiger partial charge in [0.15, 0.2) is 0 Å². The smallest absolute Gasteiger partial charge is 0.407 e. The first-order valence-electron chi connectivity index (χ1n) is 22.8. The number of nitrogens with zero attached hydrogens (tertiary/aromatic N) is 5. The molecule has 5 heterocycles. The van der Waals surface area contributed by atoms with E-state index >= 15 is 0 Å². The molecule has 3 saturated heterocycles. The van der Waals surface area contributed by atoms with Crippen LogP contribution in [0, 0.1) is 11.8 Å². The van der Waals surface area contributed by atoms with E-state index in [9.17, 15) is 14.4 Å². The van der Waals surface area contributed by atoms with E-state index in [1.54, 1.807) is 0 Å². The van der Waals surface area contributed by atoms with Gasteiger partial charge in [-0.2, -0.15) is 0 Å². The molecule has 3 N–H and O–H groups in total. The fourth-order valence-corrected chi connectivity index (χ4v) is 10.7. The van der Waals surface area contributed by atoms with E-state index in [2.05, 4.69) is 93.0 Å². The summed E-state index contributed by atoms with van der Waals surface area (Å²) in [6, 6.07) is 30.5. The van der Waals surface area contributed by atoms with Gasteiger partial charge in [-0.3, -0.25) is 14.5 Å². The number of aromatic nitrogens is 4. The number of benzene rings is 4. The number of ether oxygens (including phenoxy) is 2. The van der Waals surface area contributed by atoms with E-state index in [1.807, 2.05) is 54.2 Å². The van der Waals surface area contributed by atoms with Crippen molar-refractivity contribution in [3.63, 3.8) is 0 Å². The van der Waals surface area contributed by atoms with E-state index in [-0.39, 0.29) is 41.9 Å². The zero-order chi connectivity index (χ0) is 43.9. The van der Waals surface area contributed by atoms with Crippen molar-refractivity contribution >= 4 is 28.7 Å². The van der Waals surface area contributed by atoms with Crippen molar-refractivity contribution in [2.75, 3.05) is 40.0 Å². The molecule has 1 saturated carbocycles. The molecular weight excluding hydrogens is 805 g/mol. The van der Waals surface area contributed by atoms with Gasteiger partial charge < -0.3 is 34.6 Å². The lowest BCUT2D eigenvalue weighted by atomic mass is 9.95. The summed E-state index contributed by atoms with van der Waals surface area (Å²) in [5.74, 6) is 1.88. The Morgan fingerprint density at radius 3 is 2.14 bits per heavy atom. The molecule has 13 nitrogen and oxygen atoms in total. The summed E-state index contributed by atoms with van der Waals surface area (Å²) in [7, 11) is 1.31. The molecule has 0 radical (unpaired) electrons. The first-order valence-corrected chi connectivity index (χ1v) is 22.8. The second-order valence-electron chi connectivity index (χ2n) is 18.1. The Kier molecular flexibility index (Phi) is 11.5. The predicted molar refractivity (Wildman–Crippen MR) is 245 cm³/mol. The lowest BCUT2D eigenvalue weighted by Gasteiger charge is -2.37. The zero-order valence-electron chi connectivity index (χ0n) is 36.7. The first kappa shape index (κ1) is 41.7. The van der Waals surface area contributed by atoms with E-state index in [1.165, 1.54) is 7.11 Å². The average Bonchev–Trinajstić information content (AvgIpc) is 4.20. The minimum Gasteiger partial charge on any atom is -0.453 e. The molecule has 2 aromatic heterocycles. The first-order chi connectivity index (χ1) is 31.2. The standard InChI is InChI=1S/C51H56N8O5/c1-31(2)44(56-51(62)63-3)49(60)59-40-20-19-39(28-40)45(59)48-53-29-41(55-48)33-13-11-32(12-14-33)35-15-16-37-27-38(18-17-36(37)26-35)42-30-52-47(54-42)43-10-7-21-58(43)50(61)46(34-8-5-4-6-9-34)57-22-24-64-25-23-57/h4-6,8-9,11-18,26-27,29-31,39-40,43-46H,7,10,19-25,28H2,1-3H3,(H,52,54)(H,53,55)(H,56,62)/t39-,40+,43-,44-,45-,46?/m0/s1. The summed E-state index contributed by atoms with van der Waals surface area (Å²) in [5, 5.41) is 5.03. The number of hydrogen-bond donors (Lipinski definition) is 3. The molecular formula is C51H56N8O5. The van der Waals surface area contributed by atoms with Crippen LogP contribution in [0.5, 0.6) is 0 Å². The number of likely N-dealkylation sites (tertiary alicyclic amines) is 2. The average molecular weight is 861 g/mol. The van der Waals surface area contributed by atoms with Gasteiger partial charge in [0, 0.05) is 31.2 Å². The Morgan fingerprint density at radius 2 is 1.41 bits per heavy atom. The van der Waals surface area contributed by atoms with Crippen molar-refractivity contribution < 1.29 is 23.9 Å². The highest BCUT2D eigenvalue weighted by atomic mass is 16.5. The molecule has 1 unspecified atom stereocenters. The second kappa shape index (κ2) is 17.7. The predicted octanol–water partition coefficient (Wildman–Crippen LogP) is 8.46. The molecule has 4 aliphatic rings. The maximum atomic E-state index is 14.4. The fourth-order valence-electron chi connectivity index (χ4n) is 10.7. The van der Waals surface area contributed by atoms with Crippen molar-refractivity contribution in [3.8, 4) is 33.6 Å². The third-order valence-corrected chi connectivity index (χ3v) is 14.0. The van der Waals surface area contributed by atoms with Crippen LogP contribution < -0.4 is 5.32 Å². The maximum Gasteiger partial charge on any atom is 0.407 e. The largest absolute Gasteiger partial charge is 0.453 e. The molecule has 3 amide bonds. The van der Waals surface area contributed by atoms with Gasteiger partial charge in [0.05, 0.1) is 56.2 Å². The minimum absolute atomic E-state index is 0.0834. The molecule has 13 heteroatoms. The van der Waals surface area contributed by atoms with Crippen LogP contribution in [-0.4, -0.2) is 105 Å². The monoisotopic (exact) mass is 860 g/mol. The van der Waals surface area contributed by atoms with Crippen LogP contribution in [0.25, 0.3) is 44.4 Å². The lowest BCUT2D eigenvalue weighted by molar-refractivity contribution is -0.140. The minimum atomic E-state index is -0.675. The summed E-state index contributed by atoms with van der Waals surface area (Å²) in [5.41, 5.74) is 7.13. The van der Waals surface area contributed by atoms with E-state index < -0.39 is 12.1 Å². The van der Waals surface area contributed by atoms with Crippen molar-refractivity contribution in [3.05, 3.63) is 121 Å². The summed E-state index contributed by atoms with van der Waals surface area (Å²) in [6.07, 6.45) is 7.91. The second-order valence-corrected chi connectivity index (χ2v) is 18.1. The van der Waals surface area contributed by atoms with Crippen molar-refractivity contribution in [2.24, 2.45) is 11.8 Å². The molecule has 0 spiro atoms. The number of fused-ring (bicyclic) bond motifs is 3. The normalized spacial score (nSPS) is 22.0. The molecule has 6 aromatic rings. The van der Waals surface area contributed by atoms with Crippen LogP contribution in [0.15, 0.2) is 103 Å². The topological polar surface area (TPSA) is 149 Å². The number of H-pyrrole nitrogens is 2. The zero-order valence-corrected chi connectivity index (χ0v) is 36.7. The Bertz CT molecular complexity index is 2640. The van der Waals surface area contributed by atoms with Crippen molar-refractivity contribution in [2.45, 2.75) is 76.2 Å². The number of methoxy groups -OCH3 is 1. The van der Waals surface area contributed by atoms with Crippen LogP contribution in [0.4, 0.5) is 4.79 Å². The number of piperidine rings is 1. The molecule has 3 aliphatic heterocycles. The van der Waals surface area contributed by atoms with Gasteiger partial charge in [-0.1, -0.05) is 92.7 Å². The maximum absolute atomic E-state index is 14.4. The van der Waals surface area contributed by atoms with Crippen LogP contribution in [0.1, 0.15) is 81.3 Å². The van der Waals surface area contributed by atoms with E-state index in [4.69, 9.17) is 19.4 Å². The molecule has 4 aromatic carbocycles. The molecule has 64 heavy (non-hydrogen) atoms. The van der Waals surface area contributed by atoms with Gasteiger partial charge in [0.1, 0.15) is 23.7 Å². The number of nitrogens with one attached hydrogen (secondary N) is 3. The van der Waals surface area contributed by atoms with Crippen molar-refractivity contribution in [1.29, 1.82) is 0 Å². The Morgan fingerprint density at radius 1 is 0.750 bits per heavy atom. The van der Waals surface area contributed by atoms with Crippen LogP contribution in [0.3, 0.4) is 0 Å². The number of carbonyl (C=O) groups excluding carboxylic acids is 3. The van der Waals surface area contributed by atoms with E-state index in [0.717, 1.165) is 107 Å². The number of amides is 3. The van der Waals surface area contributed by atoms with E-state index in [0.29, 0.717) is 25.7 Å². The summed E-state index contributed by atoms with van der Waals surface area (Å²) in [4.78, 5) is 63.6. The molecule has 6 atom stereocenters. The summed E-state index contributed by atoms with van der Waals surface area (Å²) in [6.45, 7) is 7.30. The number of alkyl carbamates (subject to hydrolysis) is 1. The van der Waals surface area contributed by atoms with Gasteiger partial charge in [-0.25, -0.2) is 14.8 Å². The summed E-state index contributed by atoms with van der Waals surface area (Å²) >= 11 is 0. The number of aromatic amines is 2. The molecule has 330 valence electrons. The molecule has 10 rings (SSSR count). The molecule has 2 bridgehead atoms. The van der Waals surface area contributed by atoms with Crippen LogP contribution in [0.2, 0.25) is 0 Å². The van der Waals surface area contributed by atoms with Gasteiger partial charge >= 0.3 is 6.09 Å². The van der Waals surface area contributed by atoms with Gasteiger partial charge in [0.2, 0.25) is 11.8 Å². The number of rotatable bonds is 11. The lowest BCUT2D eigenvalue weighted by Crippen LogP contribution is -2.54.